The molecule has 178 valence electrons. The van der Waals surface area contributed by atoms with Gasteiger partial charge >= 0.3 is 0 Å². The van der Waals surface area contributed by atoms with E-state index in [0.717, 1.165) is 25.2 Å². The van der Waals surface area contributed by atoms with Crippen LogP contribution in [0, 0.1) is 5.82 Å². The second-order valence-electron chi connectivity index (χ2n) is 8.16. The fourth-order valence-electron chi connectivity index (χ4n) is 4.10. The highest BCUT2D eigenvalue weighted by Crippen LogP contribution is 2.16. The molecule has 1 amide bonds. The van der Waals surface area contributed by atoms with Crippen LogP contribution in [-0.4, -0.2) is 56.2 Å². The number of amides is 1. The number of hydrogen-bond acceptors (Lipinski definition) is 5. The summed E-state index contributed by atoms with van der Waals surface area (Å²) in [6.07, 6.45) is 0.654. The van der Waals surface area contributed by atoms with Crippen molar-refractivity contribution in [2.75, 3.05) is 26.2 Å². The predicted octanol–water partition coefficient (Wildman–Crippen LogP) is 2.62. The van der Waals surface area contributed by atoms with Gasteiger partial charge in [-0.25, -0.2) is 4.39 Å². The zero-order valence-electron chi connectivity index (χ0n) is 19.5. The van der Waals surface area contributed by atoms with Crippen LogP contribution >= 0.6 is 0 Å². The summed E-state index contributed by atoms with van der Waals surface area (Å²) < 4.78 is 16.7. The molecule has 0 fully saturated rings. The Labute approximate surface area is 197 Å². The fraction of sp³-hybridized carbons (Fsp3) is 0.360. The van der Waals surface area contributed by atoms with Crippen LogP contribution in [0.1, 0.15) is 31.7 Å². The van der Waals surface area contributed by atoms with E-state index in [1.807, 2.05) is 22.6 Å². The predicted molar refractivity (Wildman–Crippen MR) is 129 cm³/mol. The molecule has 8 nitrogen and oxygen atoms in total. The number of likely N-dealkylation sites (N-methyl/N-ethyl adjacent to an activating group) is 1. The standard InChI is InChI=1S/C25H29FN6O2/c1-3-30(4-2)16-15-27-23(33)14-13-22-28-29-25-31(17-18-9-11-19(26)12-10-18)24(34)20-7-5-6-8-21(20)32(22)25/h5-12H,3-4,13-17H2,1-2H3,(H,27,33). The first-order valence-electron chi connectivity index (χ1n) is 11.6. The lowest BCUT2D eigenvalue weighted by Gasteiger charge is -2.17. The molecule has 0 saturated heterocycles. The number of halogens is 1. The van der Waals surface area contributed by atoms with Gasteiger partial charge in [0.05, 0.1) is 17.4 Å². The Balaban J connectivity index is 1.60. The van der Waals surface area contributed by atoms with E-state index in [4.69, 9.17) is 0 Å². The zero-order chi connectivity index (χ0) is 24.1. The molecule has 0 spiro atoms. The second-order valence-corrected chi connectivity index (χ2v) is 8.16. The Hall–Kier alpha value is -3.59. The van der Waals surface area contributed by atoms with Crippen LogP contribution in [0.4, 0.5) is 4.39 Å². The molecule has 0 atom stereocenters. The van der Waals surface area contributed by atoms with Gasteiger partial charge in [-0.1, -0.05) is 38.1 Å². The largest absolute Gasteiger partial charge is 0.355 e. The molecule has 34 heavy (non-hydrogen) atoms. The first-order chi connectivity index (χ1) is 16.5. The number of nitrogens with zero attached hydrogens (tertiary/aromatic N) is 5. The summed E-state index contributed by atoms with van der Waals surface area (Å²) >= 11 is 0. The van der Waals surface area contributed by atoms with E-state index >= 15 is 0 Å². The molecule has 1 N–H and O–H groups in total. The number of fused-ring (bicyclic) bond motifs is 3. The Morgan fingerprint density at radius 2 is 1.79 bits per heavy atom. The first kappa shape index (κ1) is 23.6. The van der Waals surface area contributed by atoms with E-state index < -0.39 is 0 Å². The highest BCUT2D eigenvalue weighted by Gasteiger charge is 2.17. The van der Waals surface area contributed by atoms with Crippen LogP contribution in [-0.2, 0) is 17.8 Å². The highest BCUT2D eigenvalue weighted by atomic mass is 19.1. The van der Waals surface area contributed by atoms with E-state index in [2.05, 4.69) is 34.3 Å². The van der Waals surface area contributed by atoms with Gasteiger partial charge < -0.3 is 10.2 Å². The van der Waals surface area contributed by atoms with Gasteiger partial charge in [0, 0.05) is 25.9 Å². The number of aromatic nitrogens is 4. The molecule has 2 aromatic carbocycles. The van der Waals surface area contributed by atoms with Crippen molar-refractivity contribution in [1.29, 1.82) is 0 Å². The third-order valence-corrected chi connectivity index (χ3v) is 6.05. The molecule has 4 rings (SSSR count). The Morgan fingerprint density at radius 3 is 2.53 bits per heavy atom. The molecule has 0 radical (unpaired) electrons. The number of aryl methyl sites for hydroxylation is 1. The fourth-order valence-corrected chi connectivity index (χ4v) is 4.10. The minimum absolute atomic E-state index is 0.0483. The molecule has 2 heterocycles. The summed E-state index contributed by atoms with van der Waals surface area (Å²) in [5.74, 6) is 0.621. The SMILES string of the molecule is CCN(CC)CCNC(=O)CCc1nnc2n(Cc3ccc(F)cc3)c(=O)c3ccccc3n12. The molecule has 0 unspecified atom stereocenters. The Bertz CT molecular complexity index is 1340. The summed E-state index contributed by atoms with van der Waals surface area (Å²) in [6, 6.07) is 13.3. The average molecular weight is 465 g/mol. The van der Waals surface area contributed by atoms with Crippen molar-refractivity contribution in [2.45, 2.75) is 33.2 Å². The molecule has 9 heteroatoms. The summed E-state index contributed by atoms with van der Waals surface area (Å²) in [7, 11) is 0. The normalized spacial score (nSPS) is 11.5. The maximum absolute atomic E-state index is 13.3. The number of rotatable bonds is 10. The van der Waals surface area contributed by atoms with Gasteiger partial charge in [0.1, 0.15) is 11.6 Å². The Kier molecular flexibility index (Phi) is 7.32. The van der Waals surface area contributed by atoms with E-state index in [0.29, 0.717) is 35.5 Å². The molecule has 4 aromatic rings. The second kappa shape index (κ2) is 10.6. The molecule has 0 aliphatic carbocycles. The van der Waals surface area contributed by atoms with Gasteiger partial charge in [-0.2, -0.15) is 0 Å². The van der Waals surface area contributed by atoms with Crippen LogP contribution in [0.2, 0.25) is 0 Å². The average Bonchev–Trinajstić information content (AvgIpc) is 3.28. The quantitative estimate of drug-likeness (QED) is 0.390. The van der Waals surface area contributed by atoms with Crippen molar-refractivity contribution in [1.82, 2.24) is 29.4 Å². The Morgan fingerprint density at radius 1 is 1.06 bits per heavy atom. The number of carbonyl (C=O) groups excluding carboxylic acids is 1. The van der Waals surface area contributed by atoms with Crippen LogP contribution in [0.3, 0.4) is 0 Å². The van der Waals surface area contributed by atoms with Gasteiger partial charge in [0.2, 0.25) is 11.7 Å². The molecular weight excluding hydrogens is 435 g/mol. The van der Waals surface area contributed by atoms with Gasteiger partial charge in [0.25, 0.3) is 5.56 Å². The number of nitrogens with one attached hydrogen (secondary N) is 1. The van der Waals surface area contributed by atoms with E-state index in [1.54, 1.807) is 18.2 Å². The molecule has 0 aliphatic heterocycles. The highest BCUT2D eigenvalue weighted by molar-refractivity contribution is 5.80. The zero-order valence-corrected chi connectivity index (χ0v) is 19.5. The number of para-hydroxylation sites is 1. The van der Waals surface area contributed by atoms with Crippen LogP contribution in [0.15, 0.2) is 53.3 Å². The maximum atomic E-state index is 13.3. The van der Waals surface area contributed by atoms with Gasteiger partial charge in [-0.15, -0.1) is 10.2 Å². The third-order valence-electron chi connectivity index (χ3n) is 6.05. The van der Waals surface area contributed by atoms with Crippen LogP contribution < -0.4 is 10.9 Å². The number of hydrogen-bond donors (Lipinski definition) is 1. The van der Waals surface area contributed by atoms with Crippen molar-refractivity contribution in [3.63, 3.8) is 0 Å². The van der Waals surface area contributed by atoms with Crippen molar-refractivity contribution < 1.29 is 9.18 Å². The summed E-state index contributed by atoms with van der Waals surface area (Å²) in [6.45, 7) is 7.74. The lowest BCUT2D eigenvalue weighted by Crippen LogP contribution is -2.34. The topological polar surface area (TPSA) is 84.5 Å². The third kappa shape index (κ3) is 4.99. The summed E-state index contributed by atoms with van der Waals surface area (Å²) in [5.41, 5.74) is 1.28. The monoisotopic (exact) mass is 464 g/mol. The smallest absolute Gasteiger partial charge is 0.263 e. The molecule has 2 aromatic heterocycles. The van der Waals surface area contributed by atoms with Crippen LogP contribution in [0.5, 0.6) is 0 Å². The summed E-state index contributed by atoms with van der Waals surface area (Å²) in [5, 5.41) is 12.1. The molecule has 0 saturated carbocycles. The van der Waals surface area contributed by atoms with E-state index in [9.17, 15) is 14.0 Å². The van der Waals surface area contributed by atoms with E-state index in [1.165, 1.54) is 16.7 Å². The van der Waals surface area contributed by atoms with Crippen molar-refractivity contribution in [2.24, 2.45) is 0 Å². The number of benzene rings is 2. The van der Waals surface area contributed by atoms with E-state index in [-0.39, 0.29) is 30.2 Å². The van der Waals surface area contributed by atoms with Crippen molar-refractivity contribution in [3.8, 4) is 0 Å². The molecular formula is C25H29FN6O2. The van der Waals surface area contributed by atoms with Crippen LogP contribution in [0.25, 0.3) is 16.7 Å². The maximum Gasteiger partial charge on any atom is 0.263 e. The molecule has 0 aliphatic rings. The van der Waals surface area contributed by atoms with Gasteiger partial charge in [-0.05, 0) is 42.9 Å². The first-order valence-corrected chi connectivity index (χ1v) is 11.6. The number of carbonyl (C=O) groups is 1. The van der Waals surface area contributed by atoms with Gasteiger partial charge in [-0.3, -0.25) is 18.6 Å². The summed E-state index contributed by atoms with van der Waals surface area (Å²) in [4.78, 5) is 27.9. The van der Waals surface area contributed by atoms with Gasteiger partial charge in [0.15, 0.2) is 0 Å². The lowest BCUT2D eigenvalue weighted by molar-refractivity contribution is -0.121. The molecule has 0 bridgehead atoms. The minimum atomic E-state index is -0.333. The van der Waals surface area contributed by atoms with Crippen molar-refractivity contribution in [3.05, 3.63) is 76.1 Å². The lowest BCUT2D eigenvalue weighted by atomic mass is 10.2. The minimum Gasteiger partial charge on any atom is -0.355 e. The van der Waals surface area contributed by atoms with Crippen molar-refractivity contribution >= 4 is 22.6 Å².